The molecule has 3 nitrogen and oxygen atoms in total. The Morgan fingerprint density at radius 2 is 2.12 bits per heavy atom. The van der Waals surface area contributed by atoms with Gasteiger partial charge < -0.3 is 10.4 Å². The Morgan fingerprint density at radius 3 is 2.75 bits per heavy atom. The molecular weight excluding hydrogens is 202 g/mol. The number of hydrogen-bond acceptors (Lipinski definition) is 2. The van der Waals surface area contributed by atoms with Crippen LogP contribution >= 0.6 is 0 Å². The van der Waals surface area contributed by atoms with Crippen LogP contribution in [0.3, 0.4) is 0 Å². The molecule has 1 fully saturated rings. The molecule has 0 aromatic carbocycles. The first-order valence-electron chi connectivity index (χ1n) is 6.24. The third kappa shape index (κ3) is 3.63. The maximum Gasteiger partial charge on any atom is 0.246 e. The molecule has 0 heterocycles. The van der Waals surface area contributed by atoms with Crippen LogP contribution < -0.4 is 5.32 Å². The number of amides is 1. The van der Waals surface area contributed by atoms with Crippen molar-refractivity contribution in [2.75, 3.05) is 13.2 Å². The van der Waals surface area contributed by atoms with E-state index in [-0.39, 0.29) is 12.5 Å². The number of rotatable bonds is 5. The Bertz CT molecular complexity index is 261. The Kier molecular flexibility index (Phi) is 5.53. The summed E-state index contributed by atoms with van der Waals surface area (Å²) in [4.78, 5) is 11.6. The first-order valence-corrected chi connectivity index (χ1v) is 6.24. The molecule has 1 aliphatic rings. The van der Waals surface area contributed by atoms with E-state index >= 15 is 0 Å². The van der Waals surface area contributed by atoms with Crippen molar-refractivity contribution in [2.45, 2.75) is 39.5 Å². The van der Waals surface area contributed by atoms with Crippen LogP contribution in [0.25, 0.3) is 0 Å². The van der Waals surface area contributed by atoms with Crippen LogP contribution in [0.4, 0.5) is 0 Å². The van der Waals surface area contributed by atoms with Crippen LogP contribution in [0.2, 0.25) is 0 Å². The van der Waals surface area contributed by atoms with E-state index in [1.165, 1.54) is 6.42 Å². The molecule has 92 valence electrons. The normalized spacial score (nSPS) is 25.8. The largest absolute Gasteiger partial charge is 0.396 e. The number of carbonyl (C=O) groups is 1. The molecule has 1 rings (SSSR count). The van der Waals surface area contributed by atoms with E-state index in [0.717, 1.165) is 24.8 Å². The van der Waals surface area contributed by atoms with E-state index in [1.54, 1.807) is 0 Å². The topological polar surface area (TPSA) is 49.3 Å². The highest BCUT2D eigenvalue weighted by Crippen LogP contribution is 2.30. The van der Waals surface area contributed by atoms with Crippen molar-refractivity contribution in [2.24, 2.45) is 11.8 Å². The second-order valence-corrected chi connectivity index (χ2v) is 4.64. The summed E-state index contributed by atoms with van der Waals surface area (Å²) >= 11 is 0. The van der Waals surface area contributed by atoms with Gasteiger partial charge in [-0.3, -0.25) is 4.79 Å². The van der Waals surface area contributed by atoms with Gasteiger partial charge >= 0.3 is 0 Å². The molecule has 0 spiro atoms. The van der Waals surface area contributed by atoms with Crippen molar-refractivity contribution in [3.63, 3.8) is 0 Å². The second kappa shape index (κ2) is 6.69. The predicted octanol–water partition coefficient (Wildman–Crippen LogP) is 1.87. The fourth-order valence-corrected chi connectivity index (χ4v) is 2.38. The van der Waals surface area contributed by atoms with Gasteiger partial charge in [0, 0.05) is 18.7 Å². The van der Waals surface area contributed by atoms with E-state index in [0.29, 0.717) is 18.4 Å². The maximum atomic E-state index is 11.6. The number of hydrogen-bond donors (Lipinski definition) is 2. The first kappa shape index (κ1) is 13.2. The Morgan fingerprint density at radius 1 is 1.44 bits per heavy atom. The lowest BCUT2D eigenvalue weighted by Crippen LogP contribution is -2.32. The smallest absolute Gasteiger partial charge is 0.246 e. The molecule has 2 unspecified atom stereocenters. The lowest BCUT2D eigenvalue weighted by Gasteiger charge is -2.17. The fourth-order valence-electron chi connectivity index (χ4n) is 2.38. The highest BCUT2D eigenvalue weighted by Gasteiger charge is 2.26. The highest BCUT2D eigenvalue weighted by atomic mass is 16.3. The Hall–Kier alpha value is -0.830. The van der Waals surface area contributed by atoms with Crippen LogP contribution in [0.5, 0.6) is 0 Å². The fraction of sp³-hybridized carbons (Fsp3) is 0.769. The molecule has 1 amide bonds. The standard InChI is InChI=1S/C13H23NO2/c1-3-5-10(2)13(16)14-8-11-6-4-7-12(11)9-15/h5,11-12,15H,3-4,6-9H2,1-2H3,(H,14,16). The molecular formula is C13H23NO2. The molecule has 0 aromatic rings. The zero-order chi connectivity index (χ0) is 12.0. The van der Waals surface area contributed by atoms with Crippen LogP contribution in [-0.2, 0) is 4.79 Å². The maximum absolute atomic E-state index is 11.6. The van der Waals surface area contributed by atoms with E-state index in [2.05, 4.69) is 5.32 Å². The minimum atomic E-state index is 0.0328. The van der Waals surface area contributed by atoms with Crippen molar-refractivity contribution in [3.05, 3.63) is 11.6 Å². The monoisotopic (exact) mass is 225 g/mol. The quantitative estimate of drug-likeness (QED) is 0.702. The molecule has 0 radical (unpaired) electrons. The number of aliphatic hydroxyl groups excluding tert-OH is 1. The van der Waals surface area contributed by atoms with Crippen molar-refractivity contribution in [1.29, 1.82) is 0 Å². The summed E-state index contributed by atoms with van der Waals surface area (Å²) in [6, 6.07) is 0. The summed E-state index contributed by atoms with van der Waals surface area (Å²) in [5, 5.41) is 12.1. The highest BCUT2D eigenvalue weighted by molar-refractivity contribution is 5.92. The Labute approximate surface area is 97.9 Å². The lowest BCUT2D eigenvalue weighted by molar-refractivity contribution is -0.117. The van der Waals surface area contributed by atoms with Crippen molar-refractivity contribution >= 4 is 5.91 Å². The van der Waals surface area contributed by atoms with Crippen molar-refractivity contribution in [3.8, 4) is 0 Å². The Balaban J connectivity index is 2.34. The van der Waals surface area contributed by atoms with Crippen molar-refractivity contribution in [1.82, 2.24) is 5.32 Å². The molecule has 0 bridgehead atoms. The summed E-state index contributed by atoms with van der Waals surface area (Å²) in [6.45, 7) is 4.83. The molecule has 0 saturated heterocycles. The molecule has 1 aliphatic carbocycles. The molecule has 0 aromatic heterocycles. The average Bonchev–Trinajstić information content (AvgIpc) is 2.73. The SMILES string of the molecule is CCC=C(C)C(=O)NCC1CCCC1CO. The average molecular weight is 225 g/mol. The van der Waals surface area contributed by atoms with Gasteiger partial charge in [0.2, 0.25) is 5.91 Å². The lowest BCUT2D eigenvalue weighted by atomic mass is 9.97. The zero-order valence-corrected chi connectivity index (χ0v) is 10.3. The minimum Gasteiger partial charge on any atom is -0.396 e. The number of aliphatic hydroxyl groups is 1. The van der Waals surface area contributed by atoms with E-state index in [4.69, 9.17) is 0 Å². The summed E-state index contributed by atoms with van der Waals surface area (Å²) < 4.78 is 0. The van der Waals surface area contributed by atoms with Gasteiger partial charge in [-0.25, -0.2) is 0 Å². The summed E-state index contributed by atoms with van der Waals surface area (Å²) in [5.41, 5.74) is 0.793. The van der Waals surface area contributed by atoms with Crippen molar-refractivity contribution < 1.29 is 9.90 Å². The van der Waals surface area contributed by atoms with E-state index in [9.17, 15) is 9.90 Å². The first-order chi connectivity index (χ1) is 7.69. The van der Waals surface area contributed by atoms with Gasteiger partial charge in [-0.05, 0) is 38.0 Å². The molecule has 16 heavy (non-hydrogen) atoms. The summed E-state index contributed by atoms with van der Waals surface area (Å²) in [6.07, 6.45) is 6.23. The van der Waals surface area contributed by atoms with Crippen LogP contribution in [0.15, 0.2) is 11.6 Å². The number of carbonyl (C=O) groups excluding carboxylic acids is 1. The zero-order valence-electron chi connectivity index (χ0n) is 10.3. The summed E-state index contributed by atoms with van der Waals surface area (Å²) in [5.74, 6) is 0.879. The van der Waals surface area contributed by atoms with Gasteiger partial charge in [0.05, 0.1) is 0 Å². The van der Waals surface area contributed by atoms with Gasteiger partial charge in [-0.1, -0.05) is 19.4 Å². The molecule has 0 aliphatic heterocycles. The van der Waals surface area contributed by atoms with Gasteiger partial charge in [0.25, 0.3) is 0 Å². The number of nitrogens with one attached hydrogen (secondary N) is 1. The third-order valence-corrected chi connectivity index (χ3v) is 3.44. The van der Waals surface area contributed by atoms with E-state index < -0.39 is 0 Å². The molecule has 2 N–H and O–H groups in total. The van der Waals surface area contributed by atoms with E-state index in [1.807, 2.05) is 19.9 Å². The van der Waals surface area contributed by atoms with Gasteiger partial charge in [0.1, 0.15) is 0 Å². The third-order valence-electron chi connectivity index (χ3n) is 3.44. The van der Waals surface area contributed by atoms with Gasteiger partial charge in [0.15, 0.2) is 0 Å². The molecule has 1 saturated carbocycles. The minimum absolute atomic E-state index is 0.0328. The summed E-state index contributed by atoms with van der Waals surface area (Å²) in [7, 11) is 0. The number of allylic oxidation sites excluding steroid dienone is 1. The van der Waals surface area contributed by atoms with Gasteiger partial charge in [-0.15, -0.1) is 0 Å². The predicted molar refractivity (Wildman–Crippen MR) is 65.0 cm³/mol. The molecule has 2 atom stereocenters. The van der Waals surface area contributed by atoms with Crippen LogP contribution in [0.1, 0.15) is 39.5 Å². The van der Waals surface area contributed by atoms with Crippen LogP contribution in [-0.4, -0.2) is 24.2 Å². The van der Waals surface area contributed by atoms with Crippen LogP contribution in [0, 0.1) is 11.8 Å². The second-order valence-electron chi connectivity index (χ2n) is 4.64. The van der Waals surface area contributed by atoms with Gasteiger partial charge in [-0.2, -0.15) is 0 Å². The molecule has 3 heteroatoms.